The van der Waals surface area contributed by atoms with E-state index in [1.807, 2.05) is 30.5 Å². The van der Waals surface area contributed by atoms with Crippen LogP contribution in [-0.2, 0) is 13.0 Å². The number of rotatable bonds is 3. The quantitative estimate of drug-likeness (QED) is 0.427. The predicted molar refractivity (Wildman–Crippen MR) is 116 cm³/mol. The van der Waals surface area contributed by atoms with Crippen LogP contribution in [0.15, 0.2) is 73.1 Å². The zero-order chi connectivity index (χ0) is 20.0. The van der Waals surface area contributed by atoms with E-state index in [0.29, 0.717) is 5.02 Å². The predicted octanol–water partition coefficient (Wildman–Crippen LogP) is 5.31. The van der Waals surface area contributed by atoms with E-state index in [2.05, 4.69) is 58.7 Å². The molecule has 4 heteroatoms. The molecule has 1 aliphatic carbocycles. The summed E-state index contributed by atoms with van der Waals surface area (Å²) in [6.07, 6.45) is 5.86. The Morgan fingerprint density at radius 1 is 1.10 bits per heavy atom. The number of halogens is 1. The van der Waals surface area contributed by atoms with Crippen LogP contribution >= 0.6 is 11.6 Å². The van der Waals surface area contributed by atoms with Gasteiger partial charge < -0.3 is 4.57 Å². The summed E-state index contributed by atoms with van der Waals surface area (Å²) in [5.41, 5.74) is 5.55. The highest BCUT2D eigenvalue weighted by molar-refractivity contribution is 6.31. The zero-order valence-corrected chi connectivity index (χ0v) is 17.1. The van der Waals surface area contributed by atoms with Gasteiger partial charge in [-0.15, -0.1) is 0 Å². The first kappa shape index (κ1) is 18.1. The SMILES string of the molecule is Cc1cc2c[n+](C3CCc4ccc(Cl)cc4C3=O)ccc2n1Cc1ccccc1. The minimum absolute atomic E-state index is 0.151. The lowest BCUT2D eigenvalue weighted by atomic mass is 9.87. The fourth-order valence-electron chi connectivity index (χ4n) is 4.43. The number of hydrogen-bond donors (Lipinski definition) is 0. The van der Waals surface area contributed by atoms with Crippen molar-refractivity contribution in [3.63, 3.8) is 0 Å². The molecule has 144 valence electrons. The molecule has 0 aliphatic heterocycles. The molecular weight excluding hydrogens is 380 g/mol. The van der Waals surface area contributed by atoms with Crippen molar-refractivity contribution in [2.45, 2.75) is 32.4 Å². The van der Waals surface area contributed by atoms with Crippen LogP contribution in [0.25, 0.3) is 10.9 Å². The summed E-state index contributed by atoms with van der Waals surface area (Å²) in [6.45, 7) is 2.98. The molecule has 2 aromatic heterocycles. The highest BCUT2D eigenvalue weighted by Crippen LogP contribution is 2.29. The molecule has 29 heavy (non-hydrogen) atoms. The Bertz CT molecular complexity index is 1230. The molecule has 0 bridgehead atoms. The third kappa shape index (κ3) is 3.26. The summed E-state index contributed by atoms with van der Waals surface area (Å²) in [4.78, 5) is 13.1. The number of aromatic nitrogens is 2. The van der Waals surface area contributed by atoms with Gasteiger partial charge in [0.25, 0.3) is 0 Å². The average molecular weight is 402 g/mol. The van der Waals surface area contributed by atoms with Gasteiger partial charge >= 0.3 is 0 Å². The van der Waals surface area contributed by atoms with E-state index in [0.717, 1.165) is 35.9 Å². The second kappa shape index (κ2) is 7.16. The van der Waals surface area contributed by atoms with Crippen LogP contribution in [-0.4, -0.2) is 10.4 Å². The van der Waals surface area contributed by atoms with Crippen molar-refractivity contribution in [1.82, 2.24) is 4.57 Å². The summed E-state index contributed by atoms with van der Waals surface area (Å²) in [7, 11) is 0. The van der Waals surface area contributed by atoms with Gasteiger partial charge in [-0.1, -0.05) is 48.0 Å². The second-order valence-corrected chi connectivity index (χ2v) is 8.25. The molecule has 1 aliphatic rings. The van der Waals surface area contributed by atoms with Gasteiger partial charge in [-0.05, 0) is 42.7 Å². The van der Waals surface area contributed by atoms with Crippen LogP contribution in [0.5, 0.6) is 0 Å². The second-order valence-electron chi connectivity index (χ2n) is 7.81. The van der Waals surface area contributed by atoms with Gasteiger partial charge in [0.1, 0.15) is 0 Å². The Morgan fingerprint density at radius 3 is 2.76 bits per heavy atom. The van der Waals surface area contributed by atoms with E-state index in [1.54, 1.807) is 0 Å². The molecule has 0 saturated carbocycles. The van der Waals surface area contributed by atoms with Gasteiger partial charge in [0.2, 0.25) is 11.8 Å². The largest absolute Gasteiger partial charge is 0.340 e. The van der Waals surface area contributed by atoms with E-state index in [9.17, 15) is 4.79 Å². The van der Waals surface area contributed by atoms with Crippen molar-refractivity contribution < 1.29 is 9.36 Å². The Balaban J connectivity index is 1.50. The van der Waals surface area contributed by atoms with Gasteiger partial charge in [0.15, 0.2) is 12.4 Å². The topological polar surface area (TPSA) is 25.9 Å². The molecular formula is C25H22ClN2O+. The van der Waals surface area contributed by atoms with Gasteiger partial charge in [-0.3, -0.25) is 4.79 Å². The summed E-state index contributed by atoms with van der Waals surface area (Å²) < 4.78 is 4.40. The first-order chi connectivity index (χ1) is 14.1. The molecule has 0 radical (unpaired) electrons. The first-order valence-corrected chi connectivity index (χ1v) is 10.3. The molecule has 1 unspecified atom stereocenters. The lowest BCUT2D eigenvalue weighted by Crippen LogP contribution is -2.45. The Hall–Kier alpha value is -2.91. The Morgan fingerprint density at radius 2 is 1.93 bits per heavy atom. The standard InChI is InChI=1S/C25H22ClN2O/c1-17-13-20-16-27(12-11-23(20)28(17)15-18-5-3-2-4-6-18)24-10-8-19-7-9-21(26)14-22(19)25(24)29/h2-7,9,11-14,16,24H,8,10,15H2,1H3/q+1. The van der Waals surface area contributed by atoms with Crippen LogP contribution in [0.4, 0.5) is 0 Å². The van der Waals surface area contributed by atoms with Crippen molar-refractivity contribution in [2.75, 3.05) is 0 Å². The monoisotopic (exact) mass is 401 g/mol. The summed E-state index contributed by atoms with van der Waals surface area (Å²) in [6, 6.07) is 20.3. The number of aryl methyl sites for hydroxylation is 2. The van der Waals surface area contributed by atoms with Gasteiger partial charge in [-0.25, -0.2) is 0 Å². The molecule has 2 heterocycles. The molecule has 0 spiro atoms. The van der Waals surface area contributed by atoms with Crippen molar-refractivity contribution in [3.8, 4) is 0 Å². The number of benzene rings is 2. The van der Waals surface area contributed by atoms with Crippen molar-refractivity contribution in [1.29, 1.82) is 0 Å². The van der Waals surface area contributed by atoms with Gasteiger partial charge in [0, 0.05) is 35.3 Å². The number of carbonyl (C=O) groups is 1. The zero-order valence-electron chi connectivity index (χ0n) is 16.3. The number of ketones is 1. The fourth-order valence-corrected chi connectivity index (χ4v) is 4.60. The van der Waals surface area contributed by atoms with E-state index in [-0.39, 0.29) is 11.8 Å². The minimum Gasteiger partial charge on any atom is -0.340 e. The van der Waals surface area contributed by atoms with E-state index >= 15 is 0 Å². The highest BCUT2D eigenvalue weighted by Gasteiger charge is 2.34. The minimum atomic E-state index is -0.178. The van der Waals surface area contributed by atoms with E-state index in [1.165, 1.54) is 16.8 Å². The Kier molecular flexibility index (Phi) is 4.48. The molecule has 1 atom stereocenters. The number of carbonyl (C=O) groups excluding carboxylic acids is 1. The molecule has 5 rings (SSSR count). The maximum atomic E-state index is 13.1. The normalized spacial score (nSPS) is 16.2. The van der Waals surface area contributed by atoms with Crippen LogP contribution in [0.2, 0.25) is 5.02 Å². The third-order valence-electron chi connectivity index (χ3n) is 5.94. The molecule has 0 saturated heterocycles. The summed E-state index contributed by atoms with van der Waals surface area (Å²) in [5, 5.41) is 1.78. The molecule has 0 fully saturated rings. The molecule has 0 amide bonds. The fraction of sp³-hybridized carbons (Fsp3) is 0.200. The Labute approximate surface area is 175 Å². The van der Waals surface area contributed by atoms with E-state index in [4.69, 9.17) is 11.6 Å². The van der Waals surface area contributed by atoms with Crippen LogP contribution in [0, 0.1) is 6.92 Å². The number of fused-ring (bicyclic) bond motifs is 2. The molecule has 0 N–H and O–H groups in total. The lowest BCUT2D eigenvalue weighted by molar-refractivity contribution is -0.707. The van der Waals surface area contributed by atoms with Crippen molar-refractivity contribution in [3.05, 3.63) is 100 Å². The smallest absolute Gasteiger partial charge is 0.230 e. The highest BCUT2D eigenvalue weighted by atomic mass is 35.5. The van der Waals surface area contributed by atoms with Crippen LogP contribution < -0.4 is 4.57 Å². The first-order valence-electron chi connectivity index (χ1n) is 9.97. The molecule has 4 aromatic rings. The average Bonchev–Trinajstić information content (AvgIpc) is 3.04. The third-order valence-corrected chi connectivity index (χ3v) is 6.18. The number of pyridine rings is 1. The van der Waals surface area contributed by atoms with Gasteiger partial charge in [0.05, 0.1) is 10.9 Å². The number of Topliss-reactive ketones (excluding diaryl/α,β-unsaturated/α-hetero) is 1. The number of nitrogens with zero attached hydrogens (tertiary/aromatic N) is 2. The summed E-state index contributed by atoms with van der Waals surface area (Å²) >= 11 is 6.14. The van der Waals surface area contributed by atoms with Crippen molar-refractivity contribution in [2.24, 2.45) is 0 Å². The van der Waals surface area contributed by atoms with Crippen LogP contribution in [0.1, 0.15) is 39.6 Å². The number of hydrogen-bond acceptors (Lipinski definition) is 1. The maximum absolute atomic E-state index is 13.1. The maximum Gasteiger partial charge on any atom is 0.230 e. The van der Waals surface area contributed by atoms with Gasteiger partial charge in [-0.2, -0.15) is 4.57 Å². The van der Waals surface area contributed by atoms with E-state index < -0.39 is 0 Å². The molecule has 2 aromatic carbocycles. The lowest BCUT2D eigenvalue weighted by Gasteiger charge is -2.20. The van der Waals surface area contributed by atoms with Crippen molar-refractivity contribution >= 4 is 28.3 Å². The summed E-state index contributed by atoms with van der Waals surface area (Å²) in [5.74, 6) is 0.151. The molecule has 3 nitrogen and oxygen atoms in total. The van der Waals surface area contributed by atoms with Crippen LogP contribution in [0.3, 0.4) is 0 Å².